The van der Waals surface area contributed by atoms with Crippen molar-refractivity contribution in [2.45, 2.75) is 70.2 Å². The fourth-order valence-corrected chi connectivity index (χ4v) is 4.85. The number of anilines is 1. The number of hydrogen-bond acceptors (Lipinski definition) is 12. The Morgan fingerprint density at radius 3 is 1.94 bits per heavy atom. The third-order valence-electron chi connectivity index (χ3n) is 6.87. The molecule has 47 heavy (non-hydrogen) atoms. The number of nitrogens with zero attached hydrogens (tertiary/aromatic N) is 1. The number of nitrogens with two attached hydrogens (primary N) is 1. The Balaban J connectivity index is 2.07. The highest BCUT2D eigenvalue weighted by Gasteiger charge is 2.56. The minimum atomic E-state index is -5.25. The van der Waals surface area contributed by atoms with E-state index in [0.29, 0.717) is 16.2 Å². The maximum atomic E-state index is 13.8. The molecule has 16 heteroatoms. The zero-order valence-electron chi connectivity index (χ0n) is 25.9. The molecule has 1 saturated heterocycles. The van der Waals surface area contributed by atoms with E-state index >= 15 is 0 Å². The predicted octanol–water partition coefficient (Wildman–Crippen LogP) is 2.65. The largest absolute Gasteiger partial charge is 0.471 e. The Labute approximate surface area is 268 Å². The van der Waals surface area contributed by atoms with E-state index < -0.39 is 85.9 Å². The second kappa shape index (κ2) is 16.2. The number of alkyl halides is 3. The van der Waals surface area contributed by atoms with Crippen LogP contribution in [0.1, 0.15) is 38.0 Å². The van der Waals surface area contributed by atoms with Crippen LogP contribution in [0.2, 0.25) is 0 Å². The lowest BCUT2D eigenvalue weighted by Gasteiger charge is -2.44. The summed E-state index contributed by atoms with van der Waals surface area (Å²) >= 11 is 0. The number of methoxy groups -OCH3 is 1. The minimum Gasteiger partial charge on any atom is -0.467 e. The van der Waals surface area contributed by atoms with Crippen LogP contribution in [0.25, 0.3) is 0 Å². The van der Waals surface area contributed by atoms with Gasteiger partial charge in [-0.25, -0.2) is 4.79 Å². The highest BCUT2D eigenvalue weighted by molar-refractivity contribution is 5.82. The zero-order valence-corrected chi connectivity index (χ0v) is 25.9. The number of nitrogen functional groups attached to an aromatic ring is 1. The quantitative estimate of drug-likeness (QED) is 0.200. The van der Waals surface area contributed by atoms with Crippen LogP contribution in [-0.4, -0.2) is 91.8 Å². The number of rotatable bonds is 12. The van der Waals surface area contributed by atoms with Gasteiger partial charge in [0.15, 0.2) is 24.4 Å². The topological polar surface area (TPSA) is 170 Å². The number of amides is 1. The van der Waals surface area contributed by atoms with Gasteiger partial charge in [0.1, 0.15) is 6.10 Å². The second-order valence-corrected chi connectivity index (χ2v) is 10.4. The number of carbonyl (C=O) groups excluding carboxylic acids is 5. The number of halogens is 3. The summed E-state index contributed by atoms with van der Waals surface area (Å²) in [6.45, 7) is 1.92. The molecule has 256 valence electrons. The predicted molar refractivity (Wildman–Crippen MR) is 155 cm³/mol. The standard InChI is InChI=1S/C31H35F3N2O11/c1-17(37)43-24-25(44-18(2)38)27(45-19(3)39)29(47-26(24)28(40)42-4)46-23(21-8-6-5-7-9-21)16-36(30(41)31(32,33)34)15-14-20-10-12-22(35)13-11-20/h5-13,23-27,29H,14-16,35H2,1-4H3/t23-,24-,25-,26-,27+,29+/m0/s1. The summed E-state index contributed by atoms with van der Waals surface area (Å²) in [6, 6.07) is 14.1. The first-order chi connectivity index (χ1) is 22.1. The Morgan fingerprint density at radius 2 is 1.40 bits per heavy atom. The van der Waals surface area contributed by atoms with Crippen LogP contribution in [0, 0.1) is 0 Å². The fraction of sp³-hybridized carbons (Fsp3) is 0.452. The maximum absolute atomic E-state index is 13.8. The van der Waals surface area contributed by atoms with Crippen molar-refractivity contribution in [1.82, 2.24) is 4.90 Å². The summed E-state index contributed by atoms with van der Waals surface area (Å²) in [5.74, 6) is -6.04. The van der Waals surface area contributed by atoms with Crippen LogP contribution < -0.4 is 5.73 Å². The van der Waals surface area contributed by atoms with Gasteiger partial charge in [0, 0.05) is 33.0 Å². The summed E-state index contributed by atoms with van der Waals surface area (Å²) < 4.78 is 74.1. The molecular weight excluding hydrogens is 633 g/mol. The Morgan fingerprint density at radius 1 is 0.851 bits per heavy atom. The summed E-state index contributed by atoms with van der Waals surface area (Å²) in [5.41, 5.74) is 7.01. The van der Waals surface area contributed by atoms with Crippen LogP contribution in [0.4, 0.5) is 18.9 Å². The molecule has 1 aliphatic rings. The maximum Gasteiger partial charge on any atom is 0.471 e. The zero-order chi connectivity index (χ0) is 34.9. The molecule has 0 unspecified atom stereocenters. The number of esters is 4. The van der Waals surface area contributed by atoms with Crippen molar-refractivity contribution in [3.05, 3.63) is 65.7 Å². The molecule has 1 fully saturated rings. The lowest BCUT2D eigenvalue weighted by Crippen LogP contribution is -2.64. The van der Waals surface area contributed by atoms with Crippen LogP contribution >= 0.6 is 0 Å². The van der Waals surface area contributed by atoms with E-state index in [1.165, 1.54) is 12.1 Å². The molecule has 2 aromatic rings. The van der Waals surface area contributed by atoms with Gasteiger partial charge < -0.3 is 39.1 Å². The van der Waals surface area contributed by atoms with Crippen molar-refractivity contribution < 1.29 is 65.6 Å². The number of benzene rings is 2. The molecule has 3 rings (SSSR count). The normalized spacial score (nSPS) is 21.6. The van der Waals surface area contributed by atoms with Gasteiger partial charge in [-0.15, -0.1) is 0 Å². The van der Waals surface area contributed by atoms with E-state index in [1.54, 1.807) is 42.5 Å². The summed E-state index contributed by atoms with van der Waals surface area (Å²) in [4.78, 5) is 62.3. The van der Waals surface area contributed by atoms with E-state index in [-0.39, 0.29) is 12.0 Å². The van der Waals surface area contributed by atoms with Crippen LogP contribution in [0.5, 0.6) is 0 Å². The van der Waals surface area contributed by atoms with E-state index in [9.17, 15) is 37.1 Å². The van der Waals surface area contributed by atoms with Crippen molar-refractivity contribution in [1.29, 1.82) is 0 Å². The third kappa shape index (κ3) is 10.4. The first-order valence-electron chi connectivity index (χ1n) is 14.3. The van der Waals surface area contributed by atoms with Gasteiger partial charge in [-0.3, -0.25) is 19.2 Å². The molecule has 1 amide bonds. The lowest BCUT2D eigenvalue weighted by molar-refractivity contribution is -0.312. The van der Waals surface area contributed by atoms with E-state index in [1.807, 2.05) is 0 Å². The fourth-order valence-electron chi connectivity index (χ4n) is 4.85. The number of hydrogen-bond donors (Lipinski definition) is 1. The lowest BCUT2D eigenvalue weighted by atomic mass is 9.97. The molecule has 2 N–H and O–H groups in total. The molecule has 0 aliphatic carbocycles. The first-order valence-corrected chi connectivity index (χ1v) is 14.3. The Hall–Kier alpha value is -4.70. The third-order valence-corrected chi connectivity index (χ3v) is 6.87. The highest BCUT2D eigenvalue weighted by Crippen LogP contribution is 2.34. The Bertz CT molecular complexity index is 1410. The molecule has 0 spiro atoms. The van der Waals surface area contributed by atoms with Gasteiger partial charge in [0.2, 0.25) is 6.29 Å². The minimum absolute atomic E-state index is 0.0165. The van der Waals surface area contributed by atoms with Crippen molar-refractivity contribution in [2.24, 2.45) is 0 Å². The van der Waals surface area contributed by atoms with E-state index in [4.69, 9.17) is 34.2 Å². The molecule has 6 atom stereocenters. The van der Waals surface area contributed by atoms with Crippen LogP contribution in [0.3, 0.4) is 0 Å². The smallest absolute Gasteiger partial charge is 0.467 e. The molecular formula is C31H35F3N2O11. The van der Waals surface area contributed by atoms with Crippen molar-refractivity contribution in [2.75, 3.05) is 25.9 Å². The SMILES string of the molecule is COC(=O)[C@H]1O[C@@H](O[C@@H](CN(CCc2ccc(N)cc2)C(=O)C(F)(F)F)c2ccccc2)[C@H](OC(C)=O)[C@@H](OC(C)=O)[C@@H]1OC(C)=O. The van der Waals surface area contributed by atoms with Crippen molar-refractivity contribution >= 4 is 35.5 Å². The molecule has 1 aliphatic heterocycles. The molecule has 1 heterocycles. The molecule has 0 radical (unpaired) electrons. The second-order valence-electron chi connectivity index (χ2n) is 10.4. The van der Waals surface area contributed by atoms with Crippen LogP contribution in [-0.2, 0) is 58.8 Å². The van der Waals surface area contributed by atoms with Gasteiger partial charge >= 0.3 is 36.0 Å². The average Bonchev–Trinajstić information content (AvgIpc) is 3.00. The van der Waals surface area contributed by atoms with Crippen LogP contribution in [0.15, 0.2) is 54.6 Å². The summed E-state index contributed by atoms with van der Waals surface area (Å²) in [5, 5.41) is 0. The van der Waals surface area contributed by atoms with Gasteiger partial charge in [-0.1, -0.05) is 42.5 Å². The Kier molecular flexibility index (Phi) is 12.7. The summed E-state index contributed by atoms with van der Waals surface area (Å²) in [6.07, 6.45) is -15.4. The highest BCUT2D eigenvalue weighted by atomic mass is 19.4. The molecule has 2 aromatic carbocycles. The van der Waals surface area contributed by atoms with Gasteiger partial charge in [-0.05, 0) is 29.7 Å². The van der Waals surface area contributed by atoms with Crippen molar-refractivity contribution in [3.8, 4) is 0 Å². The molecule has 0 saturated carbocycles. The average molecular weight is 669 g/mol. The van der Waals surface area contributed by atoms with Gasteiger partial charge in [0.25, 0.3) is 0 Å². The molecule has 0 aromatic heterocycles. The first kappa shape index (κ1) is 36.8. The monoisotopic (exact) mass is 668 g/mol. The molecule has 13 nitrogen and oxygen atoms in total. The number of ether oxygens (including phenoxy) is 6. The van der Waals surface area contributed by atoms with Crippen molar-refractivity contribution in [3.63, 3.8) is 0 Å². The van der Waals surface area contributed by atoms with E-state index in [0.717, 1.165) is 27.9 Å². The van der Waals surface area contributed by atoms with Gasteiger partial charge in [-0.2, -0.15) is 13.2 Å². The van der Waals surface area contributed by atoms with Gasteiger partial charge in [0.05, 0.1) is 13.7 Å². The number of carbonyl (C=O) groups is 5. The molecule has 0 bridgehead atoms. The van der Waals surface area contributed by atoms with E-state index in [2.05, 4.69) is 0 Å². The summed E-state index contributed by atoms with van der Waals surface area (Å²) in [7, 11) is 1.000.